The number of rotatable bonds is 4. The van der Waals surface area contributed by atoms with Gasteiger partial charge in [0.15, 0.2) is 10.8 Å². The average molecular weight is 416 g/mol. The third-order valence-corrected chi connectivity index (χ3v) is 4.41. The molecule has 1 N–H and O–H groups in total. The Morgan fingerprint density at radius 2 is 1.89 bits per heavy atom. The fourth-order valence-electron chi connectivity index (χ4n) is 2.56. The first-order chi connectivity index (χ1) is 13.1. The normalized spacial score (nSPS) is 12.8. The topological polar surface area (TPSA) is 64.7 Å². The summed E-state index contributed by atoms with van der Waals surface area (Å²) in [7, 11) is 0. The second kappa shape index (κ2) is 7.27. The van der Waals surface area contributed by atoms with Gasteiger partial charge in [0, 0.05) is 6.20 Å². The van der Waals surface area contributed by atoms with E-state index in [0.29, 0.717) is 5.69 Å². The van der Waals surface area contributed by atoms with Gasteiger partial charge in [0.1, 0.15) is 17.7 Å². The quantitative estimate of drug-likeness (QED) is 0.643. The lowest BCUT2D eigenvalue weighted by Gasteiger charge is -2.14. The standard InChI is InChI=1S/C17H14ClF4N5O/c1-9(26-8-14(17(20,21)22)24-10(26)2)16(28)25-13-7-23-27(15(13)18)12-5-3-11(19)4-6-12/h3-9H,1-2H3,(H,25,28)/t9-/m1/s1. The van der Waals surface area contributed by atoms with Gasteiger partial charge in [-0.1, -0.05) is 11.6 Å². The zero-order valence-corrected chi connectivity index (χ0v) is 15.4. The predicted molar refractivity (Wildman–Crippen MR) is 93.8 cm³/mol. The molecule has 0 aliphatic heterocycles. The Bertz CT molecular complexity index is 1010. The summed E-state index contributed by atoms with van der Waals surface area (Å²) in [6.45, 7) is 2.81. The highest BCUT2D eigenvalue weighted by Crippen LogP contribution is 2.30. The maximum atomic E-state index is 13.0. The zero-order chi connectivity index (χ0) is 20.6. The molecular weight excluding hydrogens is 402 g/mol. The Balaban J connectivity index is 1.80. The fraction of sp³-hybridized carbons (Fsp3) is 0.235. The number of halogens is 5. The minimum atomic E-state index is -4.61. The summed E-state index contributed by atoms with van der Waals surface area (Å²) >= 11 is 6.21. The molecule has 0 spiro atoms. The molecule has 2 heterocycles. The van der Waals surface area contributed by atoms with Gasteiger partial charge < -0.3 is 9.88 Å². The van der Waals surface area contributed by atoms with Gasteiger partial charge in [-0.25, -0.2) is 14.1 Å². The Morgan fingerprint density at radius 3 is 2.46 bits per heavy atom. The van der Waals surface area contributed by atoms with Crippen molar-refractivity contribution in [3.8, 4) is 5.69 Å². The average Bonchev–Trinajstić information content (AvgIpc) is 3.18. The summed E-state index contributed by atoms with van der Waals surface area (Å²) in [5, 5.41) is 6.62. The van der Waals surface area contributed by atoms with Crippen LogP contribution in [0.3, 0.4) is 0 Å². The van der Waals surface area contributed by atoms with E-state index in [1.54, 1.807) is 0 Å². The number of hydrogen-bond donors (Lipinski definition) is 1. The highest BCUT2D eigenvalue weighted by Gasteiger charge is 2.35. The van der Waals surface area contributed by atoms with Crippen molar-refractivity contribution < 1.29 is 22.4 Å². The molecule has 0 saturated carbocycles. The van der Waals surface area contributed by atoms with Gasteiger partial charge in [0.25, 0.3) is 0 Å². The number of nitrogens with zero attached hydrogens (tertiary/aromatic N) is 4. The molecule has 2 aromatic heterocycles. The molecule has 0 fully saturated rings. The molecule has 0 bridgehead atoms. The van der Waals surface area contributed by atoms with E-state index in [0.717, 1.165) is 10.8 Å². The second-order valence-corrected chi connectivity index (χ2v) is 6.34. The lowest BCUT2D eigenvalue weighted by atomic mass is 10.3. The van der Waals surface area contributed by atoms with Crippen LogP contribution in [0.4, 0.5) is 23.2 Å². The molecule has 28 heavy (non-hydrogen) atoms. The van der Waals surface area contributed by atoms with Gasteiger partial charge >= 0.3 is 6.18 Å². The minimum Gasteiger partial charge on any atom is -0.322 e. The first-order valence-corrected chi connectivity index (χ1v) is 8.38. The van der Waals surface area contributed by atoms with Crippen molar-refractivity contribution in [1.29, 1.82) is 0 Å². The first kappa shape index (κ1) is 19.9. The van der Waals surface area contributed by atoms with E-state index >= 15 is 0 Å². The maximum absolute atomic E-state index is 13.0. The molecule has 1 aromatic carbocycles. The van der Waals surface area contributed by atoms with Crippen molar-refractivity contribution in [3.05, 3.63) is 59.1 Å². The summed E-state index contributed by atoms with van der Waals surface area (Å²) < 4.78 is 53.9. The lowest BCUT2D eigenvalue weighted by molar-refractivity contribution is -0.141. The van der Waals surface area contributed by atoms with Crippen molar-refractivity contribution in [2.24, 2.45) is 0 Å². The van der Waals surface area contributed by atoms with Crippen molar-refractivity contribution in [1.82, 2.24) is 19.3 Å². The number of aryl methyl sites for hydroxylation is 1. The zero-order valence-electron chi connectivity index (χ0n) is 14.6. The Hall–Kier alpha value is -2.88. The van der Waals surface area contributed by atoms with E-state index in [1.807, 2.05) is 0 Å². The molecule has 1 amide bonds. The van der Waals surface area contributed by atoms with Gasteiger partial charge in [-0.05, 0) is 38.1 Å². The molecule has 0 aliphatic rings. The van der Waals surface area contributed by atoms with Gasteiger partial charge in [0.05, 0.1) is 17.6 Å². The number of aromatic nitrogens is 4. The summed E-state index contributed by atoms with van der Waals surface area (Å²) in [4.78, 5) is 15.9. The third-order valence-electron chi connectivity index (χ3n) is 4.04. The number of anilines is 1. The van der Waals surface area contributed by atoms with E-state index in [9.17, 15) is 22.4 Å². The summed E-state index contributed by atoms with van der Waals surface area (Å²) in [5.41, 5.74) is -0.441. The van der Waals surface area contributed by atoms with Crippen molar-refractivity contribution in [2.45, 2.75) is 26.1 Å². The van der Waals surface area contributed by atoms with Crippen LogP contribution in [-0.4, -0.2) is 25.2 Å². The molecular formula is C17H14ClF4N5O. The van der Waals surface area contributed by atoms with Crippen LogP contribution in [0.2, 0.25) is 5.15 Å². The SMILES string of the molecule is Cc1nc(C(F)(F)F)cn1[C@H](C)C(=O)Nc1cnn(-c2ccc(F)cc2)c1Cl. The summed E-state index contributed by atoms with van der Waals surface area (Å²) in [5.74, 6) is -0.985. The third kappa shape index (κ3) is 3.86. The lowest BCUT2D eigenvalue weighted by Crippen LogP contribution is -2.24. The number of carbonyl (C=O) groups is 1. The van der Waals surface area contributed by atoms with Crippen LogP contribution in [0.1, 0.15) is 24.5 Å². The van der Waals surface area contributed by atoms with Gasteiger partial charge in [0.2, 0.25) is 5.91 Å². The maximum Gasteiger partial charge on any atom is 0.434 e. The Kier molecular flexibility index (Phi) is 5.16. The molecule has 0 radical (unpaired) electrons. The van der Waals surface area contributed by atoms with Crippen molar-refractivity contribution in [2.75, 3.05) is 5.32 Å². The van der Waals surface area contributed by atoms with Crippen molar-refractivity contribution in [3.63, 3.8) is 0 Å². The summed E-state index contributed by atoms with van der Waals surface area (Å²) in [6.07, 6.45) is -2.53. The number of carbonyl (C=O) groups excluding carboxylic acids is 1. The van der Waals surface area contributed by atoms with Crippen LogP contribution in [0.15, 0.2) is 36.7 Å². The van der Waals surface area contributed by atoms with Crippen LogP contribution in [0, 0.1) is 12.7 Å². The number of nitrogens with one attached hydrogen (secondary N) is 1. The van der Waals surface area contributed by atoms with Crippen LogP contribution in [0.5, 0.6) is 0 Å². The molecule has 6 nitrogen and oxygen atoms in total. The number of hydrogen-bond acceptors (Lipinski definition) is 3. The molecule has 0 saturated heterocycles. The van der Waals surface area contributed by atoms with Gasteiger partial charge in [-0.15, -0.1) is 0 Å². The number of benzene rings is 1. The van der Waals surface area contributed by atoms with E-state index in [1.165, 1.54) is 49.0 Å². The Labute approximate surface area is 161 Å². The minimum absolute atomic E-state index is 0.0445. The highest BCUT2D eigenvalue weighted by atomic mass is 35.5. The van der Waals surface area contributed by atoms with E-state index < -0.39 is 29.6 Å². The largest absolute Gasteiger partial charge is 0.434 e. The molecule has 3 aromatic rings. The molecule has 3 rings (SSSR count). The smallest absolute Gasteiger partial charge is 0.322 e. The molecule has 1 atom stereocenters. The monoisotopic (exact) mass is 415 g/mol. The molecule has 148 valence electrons. The Morgan fingerprint density at radius 1 is 1.25 bits per heavy atom. The number of imidazole rings is 1. The highest BCUT2D eigenvalue weighted by molar-refractivity contribution is 6.33. The van der Waals surface area contributed by atoms with Crippen LogP contribution in [0.25, 0.3) is 5.69 Å². The molecule has 11 heteroatoms. The van der Waals surface area contributed by atoms with Crippen LogP contribution >= 0.6 is 11.6 Å². The second-order valence-electron chi connectivity index (χ2n) is 5.98. The molecule has 0 unspecified atom stereocenters. The van der Waals surface area contributed by atoms with Gasteiger partial charge in [-0.3, -0.25) is 4.79 Å². The van der Waals surface area contributed by atoms with E-state index in [2.05, 4.69) is 15.4 Å². The fourth-order valence-corrected chi connectivity index (χ4v) is 2.80. The van der Waals surface area contributed by atoms with Gasteiger partial charge in [-0.2, -0.15) is 18.3 Å². The number of amides is 1. The van der Waals surface area contributed by atoms with E-state index in [-0.39, 0.29) is 16.7 Å². The predicted octanol–water partition coefficient (Wildman–Crippen LogP) is 4.39. The molecule has 0 aliphatic carbocycles. The van der Waals surface area contributed by atoms with E-state index in [4.69, 9.17) is 11.6 Å². The van der Waals surface area contributed by atoms with Crippen LogP contribution < -0.4 is 5.32 Å². The summed E-state index contributed by atoms with van der Waals surface area (Å²) in [6, 6.07) is 4.39. The van der Waals surface area contributed by atoms with Crippen LogP contribution in [-0.2, 0) is 11.0 Å². The first-order valence-electron chi connectivity index (χ1n) is 8.01. The van der Waals surface area contributed by atoms with Crippen molar-refractivity contribution >= 4 is 23.2 Å². The number of alkyl halides is 3.